The fourth-order valence-corrected chi connectivity index (χ4v) is 3.24. The third kappa shape index (κ3) is 4.36. The van der Waals surface area contributed by atoms with Crippen LogP contribution in [-0.4, -0.2) is 40.5 Å². The maximum absolute atomic E-state index is 13.6. The van der Waals surface area contributed by atoms with Gasteiger partial charge in [-0.3, -0.25) is 4.68 Å². The summed E-state index contributed by atoms with van der Waals surface area (Å²) in [5.74, 6) is 0.114. The van der Waals surface area contributed by atoms with Crippen LogP contribution in [0.15, 0.2) is 42.9 Å². The highest BCUT2D eigenvalue weighted by molar-refractivity contribution is 5.69. The summed E-state index contributed by atoms with van der Waals surface area (Å²) >= 11 is 0. The van der Waals surface area contributed by atoms with Crippen LogP contribution in [0.25, 0.3) is 11.1 Å². The number of fused-ring (bicyclic) bond motifs is 1. The molecule has 1 aliphatic rings. The van der Waals surface area contributed by atoms with Gasteiger partial charge in [-0.05, 0) is 36.7 Å². The van der Waals surface area contributed by atoms with Crippen LogP contribution in [0.5, 0.6) is 5.88 Å². The molecule has 3 aromatic rings. The minimum absolute atomic E-state index is 0.0445. The Morgan fingerprint density at radius 3 is 3.00 bits per heavy atom. The van der Waals surface area contributed by atoms with Crippen LogP contribution < -0.4 is 15.4 Å². The highest BCUT2D eigenvalue weighted by Crippen LogP contribution is 2.30. The van der Waals surface area contributed by atoms with Crippen molar-refractivity contribution in [3.63, 3.8) is 0 Å². The van der Waals surface area contributed by atoms with Crippen molar-refractivity contribution in [2.45, 2.75) is 12.5 Å². The fraction of sp³-hybridized carbons (Fsp3) is 0.286. The number of ether oxygens (including phenoxy) is 1. The number of anilines is 1. The second-order valence-electron chi connectivity index (χ2n) is 6.98. The van der Waals surface area contributed by atoms with E-state index in [0.29, 0.717) is 31.9 Å². The van der Waals surface area contributed by atoms with E-state index in [2.05, 4.69) is 20.7 Å². The predicted octanol–water partition coefficient (Wildman–Crippen LogP) is 2.50. The van der Waals surface area contributed by atoms with Crippen molar-refractivity contribution in [2.75, 3.05) is 25.0 Å². The maximum atomic E-state index is 13.6. The van der Waals surface area contributed by atoms with Gasteiger partial charge < -0.3 is 15.4 Å². The van der Waals surface area contributed by atoms with Gasteiger partial charge in [0.1, 0.15) is 18.0 Å². The number of benzene rings is 1. The van der Waals surface area contributed by atoms with Crippen LogP contribution in [0.4, 0.5) is 10.1 Å². The SMILES string of the molecule is Cn1cc(-c2cnc3c(c2)NCC(CNCCc2ccc(C#N)c(F)c2)O3)cn1. The molecule has 7 nitrogen and oxygen atoms in total. The predicted molar refractivity (Wildman–Crippen MR) is 107 cm³/mol. The first-order valence-corrected chi connectivity index (χ1v) is 9.41. The van der Waals surface area contributed by atoms with E-state index in [4.69, 9.17) is 10.00 Å². The van der Waals surface area contributed by atoms with E-state index in [1.807, 2.05) is 25.4 Å². The van der Waals surface area contributed by atoms with Gasteiger partial charge in [0, 0.05) is 37.1 Å². The smallest absolute Gasteiger partial charge is 0.237 e. The Hall–Kier alpha value is -3.44. The summed E-state index contributed by atoms with van der Waals surface area (Å²) in [6.45, 7) is 2.01. The molecule has 3 heterocycles. The lowest BCUT2D eigenvalue weighted by Crippen LogP contribution is -2.40. The largest absolute Gasteiger partial charge is 0.470 e. The van der Waals surface area contributed by atoms with E-state index >= 15 is 0 Å². The first kappa shape index (κ1) is 18.9. The van der Waals surface area contributed by atoms with Crippen LogP contribution in [0.3, 0.4) is 0 Å². The van der Waals surface area contributed by atoms with Crippen LogP contribution in [0, 0.1) is 17.1 Å². The summed E-state index contributed by atoms with van der Waals surface area (Å²) in [5, 5.41) is 19.7. The van der Waals surface area contributed by atoms with Crippen molar-refractivity contribution in [1.29, 1.82) is 5.26 Å². The number of nitriles is 1. The second-order valence-corrected chi connectivity index (χ2v) is 6.98. The molecule has 1 unspecified atom stereocenters. The molecule has 4 rings (SSSR count). The van der Waals surface area contributed by atoms with Crippen molar-refractivity contribution < 1.29 is 9.13 Å². The number of aryl methyl sites for hydroxylation is 1. The summed E-state index contributed by atoms with van der Waals surface area (Å²) in [7, 11) is 1.88. The van der Waals surface area contributed by atoms with Crippen LogP contribution in [0.1, 0.15) is 11.1 Å². The van der Waals surface area contributed by atoms with Crippen molar-refractivity contribution in [1.82, 2.24) is 20.1 Å². The molecule has 0 radical (unpaired) electrons. The van der Waals surface area contributed by atoms with Crippen molar-refractivity contribution >= 4 is 5.69 Å². The van der Waals surface area contributed by atoms with E-state index < -0.39 is 5.82 Å². The number of halogens is 1. The molecule has 0 fully saturated rings. The Balaban J connectivity index is 1.28. The first-order valence-electron chi connectivity index (χ1n) is 9.41. The third-order valence-electron chi connectivity index (χ3n) is 4.80. The van der Waals surface area contributed by atoms with Gasteiger partial charge in [-0.25, -0.2) is 9.37 Å². The summed E-state index contributed by atoms with van der Waals surface area (Å²) in [6.07, 6.45) is 6.16. The Labute approximate surface area is 168 Å². The molecule has 8 heteroatoms. The first-order chi connectivity index (χ1) is 14.1. The van der Waals surface area contributed by atoms with Gasteiger partial charge in [0.2, 0.25) is 5.88 Å². The van der Waals surface area contributed by atoms with E-state index in [1.54, 1.807) is 23.1 Å². The van der Waals surface area contributed by atoms with E-state index in [-0.39, 0.29) is 11.7 Å². The molecule has 0 amide bonds. The Morgan fingerprint density at radius 2 is 2.24 bits per heavy atom. The molecule has 1 aromatic carbocycles. The molecule has 2 N–H and O–H groups in total. The fourth-order valence-electron chi connectivity index (χ4n) is 3.24. The maximum Gasteiger partial charge on any atom is 0.237 e. The molecule has 1 aliphatic heterocycles. The molecule has 0 bridgehead atoms. The summed E-state index contributed by atoms with van der Waals surface area (Å²) in [6, 6.07) is 8.56. The summed E-state index contributed by atoms with van der Waals surface area (Å²) < 4.78 is 21.4. The number of aromatic nitrogens is 3. The van der Waals surface area contributed by atoms with Gasteiger partial charge in [-0.1, -0.05) is 6.07 Å². The van der Waals surface area contributed by atoms with Gasteiger partial charge in [0.05, 0.1) is 24.0 Å². The zero-order valence-electron chi connectivity index (χ0n) is 16.0. The average molecular weight is 392 g/mol. The molecular formula is C21H21FN6O. The normalized spacial score (nSPS) is 15.1. The van der Waals surface area contributed by atoms with Gasteiger partial charge in [-0.2, -0.15) is 10.4 Å². The van der Waals surface area contributed by atoms with E-state index in [0.717, 1.165) is 22.4 Å². The molecule has 0 saturated heterocycles. The number of nitrogens with zero attached hydrogens (tertiary/aromatic N) is 4. The standard InChI is InChI=1S/C21H21FN6O/c1-28-13-17(10-27-28)16-7-20-21(26-9-16)29-18(12-25-20)11-24-5-4-14-2-3-15(8-23)19(22)6-14/h2-3,6-7,9-10,13,18,24-25H,4-5,11-12H2,1H3. The lowest BCUT2D eigenvalue weighted by Gasteiger charge is -2.27. The number of rotatable bonds is 6. The number of hydrogen-bond acceptors (Lipinski definition) is 6. The lowest BCUT2D eigenvalue weighted by atomic mass is 10.1. The second kappa shape index (κ2) is 8.29. The zero-order valence-corrected chi connectivity index (χ0v) is 16.0. The molecule has 1 atom stereocenters. The third-order valence-corrected chi connectivity index (χ3v) is 4.80. The van der Waals surface area contributed by atoms with Gasteiger partial charge in [-0.15, -0.1) is 0 Å². The van der Waals surface area contributed by atoms with Gasteiger partial charge in [0.15, 0.2) is 0 Å². The molecule has 0 spiro atoms. The highest BCUT2D eigenvalue weighted by atomic mass is 19.1. The molecule has 0 aliphatic carbocycles. The summed E-state index contributed by atoms with van der Waals surface area (Å²) in [5.41, 5.74) is 3.79. The van der Waals surface area contributed by atoms with Crippen molar-refractivity contribution in [3.05, 3.63) is 59.8 Å². The topological polar surface area (TPSA) is 87.8 Å². The van der Waals surface area contributed by atoms with Crippen molar-refractivity contribution in [2.24, 2.45) is 7.05 Å². The molecule has 0 saturated carbocycles. The monoisotopic (exact) mass is 392 g/mol. The molecule has 29 heavy (non-hydrogen) atoms. The van der Waals surface area contributed by atoms with E-state index in [9.17, 15) is 4.39 Å². The van der Waals surface area contributed by atoms with Crippen LogP contribution in [-0.2, 0) is 13.5 Å². The highest BCUT2D eigenvalue weighted by Gasteiger charge is 2.20. The summed E-state index contributed by atoms with van der Waals surface area (Å²) in [4.78, 5) is 4.44. The quantitative estimate of drug-likeness (QED) is 0.627. The number of hydrogen-bond donors (Lipinski definition) is 2. The molecule has 148 valence electrons. The Bertz CT molecular complexity index is 1060. The minimum atomic E-state index is -0.474. The Kier molecular flexibility index (Phi) is 5.40. The van der Waals surface area contributed by atoms with Gasteiger partial charge >= 0.3 is 0 Å². The lowest BCUT2D eigenvalue weighted by molar-refractivity contribution is 0.194. The van der Waals surface area contributed by atoms with Crippen LogP contribution >= 0.6 is 0 Å². The van der Waals surface area contributed by atoms with Gasteiger partial charge in [0.25, 0.3) is 0 Å². The number of nitrogens with one attached hydrogen (secondary N) is 2. The average Bonchev–Trinajstić information content (AvgIpc) is 3.17. The van der Waals surface area contributed by atoms with Crippen molar-refractivity contribution in [3.8, 4) is 23.1 Å². The Morgan fingerprint density at radius 1 is 1.34 bits per heavy atom. The van der Waals surface area contributed by atoms with Crippen LogP contribution in [0.2, 0.25) is 0 Å². The molecule has 2 aromatic heterocycles. The zero-order chi connectivity index (χ0) is 20.2. The number of pyridine rings is 1. The van der Waals surface area contributed by atoms with E-state index in [1.165, 1.54) is 12.1 Å². The minimum Gasteiger partial charge on any atom is -0.470 e. The molecular weight excluding hydrogens is 371 g/mol.